The number of rotatable bonds is 5. The molecule has 0 atom stereocenters. The van der Waals surface area contributed by atoms with Gasteiger partial charge in [0, 0.05) is 34.3 Å². The second kappa shape index (κ2) is 7.63. The molecule has 4 nitrogen and oxygen atoms in total. The van der Waals surface area contributed by atoms with Crippen molar-refractivity contribution in [2.45, 2.75) is 6.54 Å². The van der Waals surface area contributed by atoms with Crippen LogP contribution in [0.5, 0.6) is 0 Å². The standard InChI is InChI=1S/C16H12BrN3OS2/c17-14-3-1-12(23-14)2-4-15(21)19-9-16-20-13(10-22-16)11-5-7-18-8-6-11/h1-8,10H,9H2,(H,19,21)/b4-2+. The first-order valence-electron chi connectivity index (χ1n) is 6.77. The molecule has 0 saturated carbocycles. The molecular weight excluding hydrogens is 394 g/mol. The molecule has 7 heteroatoms. The van der Waals surface area contributed by atoms with Gasteiger partial charge in [-0.3, -0.25) is 9.78 Å². The molecule has 1 amide bonds. The van der Waals surface area contributed by atoms with Gasteiger partial charge in [-0.15, -0.1) is 22.7 Å². The van der Waals surface area contributed by atoms with Crippen molar-refractivity contribution in [3.05, 3.63) is 61.8 Å². The molecule has 0 aromatic carbocycles. The Morgan fingerprint density at radius 2 is 2.09 bits per heavy atom. The Balaban J connectivity index is 1.55. The highest BCUT2D eigenvalue weighted by Crippen LogP contribution is 2.23. The SMILES string of the molecule is O=C(/C=C/c1ccc(Br)s1)NCc1nc(-c2ccncc2)cs1. The van der Waals surface area contributed by atoms with Crippen LogP contribution in [0.15, 0.2) is 51.9 Å². The molecule has 23 heavy (non-hydrogen) atoms. The van der Waals surface area contributed by atoms with E-state index in [1.54, 1.807) is 29.8 Å². The number of aromatic nitrogens is 2. The maximum absolute atomic E-state index is 11.8. The van der Waals surface area contributed by atoms with Crippen LogP contribution in [0.3, 0.4) is 0 Å². The Hall–Kier alpha value is -1.83. The third kappa shape index (κ3) is 4.57. The van der Waals surface area contributed by atoms with Crippen LogP contribution in [0, 0.1) is 0 Å². The van der Waals surface area contributed by atoms with Gasteiger partial charge in [0.1, 0.15) is 5.01 Å². The molecule has 3 heterocycles. The van der Waals surface area contributed by atoms with Crippen LogP contribution in [-0.2, 0) is 11.3 Å². The van der Waals surface area contributed by atoms with Crippen molar-refractivity contribution in [1.29, 1.82) is 0 Å². The van der Waals surface area contributed by atoms with E-state index in [0.717, 1.165) is 24.9 Å². The number of carbonyl (C=O) groups is 1. The Morgan fingerprint density at radius 3 is 2.83 bits per heavy atom. The summed E-state index contributed by atoms with van der Waals surface area (Å²) in [4.78, 5) is 21.4. The van der Waals surface area contributed by atoms with Gasteiger partial charge < -0.3 is 5.32 Å². The summed E-state index contributed by atoms with van der Waals surface area (Å²) in [5.74, 6) is -0.129. The van der Waals surface area contributed by atoms with Gasteiger partial charge in [-0.1, -0.05) is 0 Å². The van der Waals surface area contributed by atoms with Crippen LogP contribution in [0.25, 0.3) is 17.3 Å². The minimum absolute atomic E-state index is 0.129. The molecule has 3 aromatic rings. The molecule has 0 aliphatic heterocycles. The fourth-order valence-electron chi connectivity index (χ4n) is 1.84. The van der Waals surface area contributed by atoms with Crippen LogP contribution in [0.4, 0.5) is 0 Å². The minimum atomic E-state index is -0.129. The van der Waals surface area contributed by atoms with E-state index in [-0.39, 0.29) is 5.91 Å². The van der Waals surface area contributed by atoms with E-state index in [0.29, 0.717) is 6.54 Å². The van der Waals surface area contributed by atoms with Crippen molar-refractivity contribution < 1.29 is 4.79 Å². The Morgan fingerprint density at radius 1 is 1.26 bits per heavy atom. The van der Waals surface area contributed by atoms with E-state index in [1.165, 1.54) is 17.4 Å². The predicted molar refractivity (Wildman–Crippen MR) is 98.2 cm³/mol. The number of thiazole rings is 1. The van der Waals surface area contributed by atoms with Gasteiger partial charge in [0.2, 0.25) is 5.91 Å². The average molecular weight is 406 g/mol. The molecule has 1 N–H and O–H groups in total. The Labute approximate surface area is 150 Å². The van der Waals surface area contributed by atoms with Crippen LogP contribution >= 0.6 is 38.6 Å². The lowest BCUT2D eigenvalue weighted by Crippen LogP contribution is -2.20. The normalized spacial score (nSPS) is 11.0. The van der Waals surface area contributed by atoms with Crippen LogP contribution in [0.1, 0.15) is 9.88 Å². The zero-order valence-electron chi connectivity index (χ0n) is 11.9. The molecule has 3 aromatic heterocycles. The Bertz CT molecular complexity index is 827. The lowest BCUT2D eigenvalue weighted by molar-refractivity contribution is -0.116. The number of thiophene rings is 1. The topological polar surface area (TPSA) is 54.9 Å². The third-order valence-electron chi connectivity index (χ3n) is 2.93. The maximum Gasteiger partial charge on any atom is 0.244 e. The van der Waals surface area contributed by atoms with Gasteiger partial charge in [-0.25, -0.2) is 4.98 Å². The zero-order valence-corrected chi connectivity index (χ0v) is 15.1. The molecule has 0 fully saturated rings. The molecular formula is C16H12BrN3OS2. The van der Waals surface area contributed by atoms with E-state index in [9.17, 15) is 4.79 Å². The van der Waals surface area contributed by atoms with Gasteiger partial charge in [0.25, 0.3) is 0 Å². The fraction of sp³-hybridized carbons (Fsp3) is 0.0625. The number of nitrogens with one attached hydrogen (secondary N) is 1. The van der Waals surface area contributed by atoms with Gasteiger partial charge in [0.05, 0.1) is 16.0 Å². The molecule has 0 saturated heterocycles. The van der Waals surface area contributed by atoms with Crippen LogP contribution < -0.4 is 5.32 Å². The van der Waals surface area contributed by atoms with E-state index >= 15 is 0 Å². The van der Waals surface area contributed by atoms with Crippen molar-refractivity contribution in [2.75, 3.05) is 0 Å². The van der Waals surface area contributed by atoms with Crippen molar-refractivity contribution in [3.8, 4) is 11.3 Å². The summed E-state index contributed by atoms with van der Waals surface area (Å²) in [6.45, 7) is 0.424. The minimum Gasteiger partial charge on any atom is -0.346 e. The van der Waals surface area contributed by atoms with E-state index in [4.69, 9.17) is 0 Å². The summed E-state index contributed by atoms with van der Waals surface area (Å²) in [5.41, 5.74) is 1.93. The zero-order chi connectivity index (χ0) is 16.1. The Kier molecular flexibility index (Phi) is 5.32. The van der Waals surface area contributed by atoms with Crippen molar-refractivity contribution >= 4 is 50.6 Å². The first-order chi connectivity index (χ1) is 11.2. The van der Waals surface area contributed by atoms with Crippen LogP contribution in [-0.4, -0.2) is 15.9 Å². The summed E-state index contributed by atoms with van der Waals surface area (Å²) in [6.07, 6.45) is 6.82. The molecule has 0 bridgehead atoms. The summed E-state index contributed by atoms with van der Waals surface area (Å²) in [6, 6.07) is 7.75. The number of nitrogens with zero attached hydrogens (tertiary/aromatic N) is 2. The van der Waals surface area contributed by atoms with Crippen LogP contribution in [0.2, 0.25) is 0 Å². The fourth-order valence-corrected chi connectivity index (χ4v) is 3.91. The summed E-state index contributed by atoms with van der Waals surface area (Å²) in [5, 5.41) is 5.70. The van der Waals surface area contributed by atoms with E-state index in [2.05, 4.69) is 31.2 Å². The number of pyridine rings is 1. The summed E-state index contributed by atoms with van der Waals surface area (Å²) < 4.78 is 1.05. The van der Waals surface area contributed by atoms with E-state index in [1.807, 2.05) is 29.6 Å². The molecule has 0 aliphatic carbocycles. The summed E-state index contributed by atoms with van der Waals surface area (Å²) >= 11 is 6.50. The highest BCUT2D eigenvalue weighted by molar-refractivity contribution is 9.11. The number of carbonyl (C=O) groups excluding carboxylic acids is 1. The third-order valence-corrected chi connectivity index (χ3v) is 5.37. The second-order valence-electron chi connectivity index (χ2n) is 4.56. The predicted octanol–water partition coefficient (Wildman–Crippen LogP) is 4.36. The number of amides is 1. The van der Waals surface area contributed by atoms with Gasteiger partial charge in [-0.2, -0.15) is 0 Å². The first-order valence-corrected chi connectivity index (χ1v) is 9.26. The maximum atomic E-state index is 11.8. The van der Waals surface area contributed by atoms with Gasteiger partial charge >= 0.3 is 0 Å². The van der Waals surface area contributed by atoms with Crippen molar-refractivity contribution in [2.24, 2.45) is 0 Å². The van der Waals surface area contributed by atoms with Crippen molar-refractivity contribution in [1.82, 2.24) is 15.3 Å². The molecule has 3 rings (SSSR count). The molecule has 0 spiro atoms. The molecule has 0 unspecified atom stereocenters. The first kappa shape index (κ1) is 16.0. The number of halogens is 1. The monoisotopic (exact) mass is 405 g/mol. The average Bonchev–Trinajstić information content (AvgIpc) is 3.21. The quantitative estimate of drug-likeness (QED) is 0.641. The number of hydrogen-bond donors (Lipinski definition) is 1. The number of hydrogen-bond acceptors (Lipinski definition) is 5. The van der Waals surface area contributed by atoms with E-state index < -0.39 is 0 Å². The lowest BCUT2D eigenvalue weighted by atomic mass is 10.2. The molecule has 0 aliphatic rings. The smallest absolute Gasteiger partial charge is 0.244 e. The summed E-state index contributed by atoms with van der Waals surface area (Å²) in [7, 11) is 0. The highest BCUT2D eigenvalue weighted by atomic mass is 79.9. The van der Waals surface area contributed by atoms with Crippen molar-refractivity contribution in [3.63, 3.8) is 0 Å². The largest absolute Gasteiger partial charge is 0.346 e. The van der Waals surface area contributed by atoms with Gasteiger partial charge in [-0.05, 0) is 46.3 Å². The molecule has 0 radical (unpaired) electrons. The second-order valence-corrected chi connectivity index (χ2v) is 7.99. The van der Waals surface area contributed by atoms with Gasteiger partial charge in [0.15, 0.2) is 0 Å². The lowest BCUT2D eigenvalue weighted by Gasteiger charge is -1.98. The molecule has 116 valence electrons. The highest BCUT2D eigenvalue weighted by Gasteiger charge is 2.05.